The summed E-state index contributed by atoms with van der Waals surface area (Å²) >= 11 is 0. The van der Waals surface area contributed by atoms with Gasteiger partial charge >= 0.3 is 0 Å². The van der Waals surface area contributed by atoms with Gasteiger partial charge in [0.05, 0.1) is 0 Å². The van der Waals surface area contributed by atoms with Gasteiger partial charge in [-0.05, 0) is 12.5 Å². The normalized spacial score (nSPS) is 9.50. The fourth-order valence-corrected chi connectivity index (χ4v) is 0.918. The van der Waals surface area contributed by atoms with E-state index in [0.29, 0.717) is 6.04 Å². The first kappa shape index (κ1) is 13.1. The Morgan fingerprint density at radius 1 is 1.21 bits per heavy atom. The minimum Gasteiger partial charge on any atom is -0.397 e. The van der Waals surface area contributed by atoms with E-state index < -0.39 is 0 Å². The van der Waals surface area contributed by atoms with Crippen LogP contribution in [0.5, 0.6) is 0 Å². The maximum atomic E-state index is 7.57. The van der Waals surface area contributed by atoms with Gasteiger partial charge in [-0.25, -0.2) is 0 Å². The molecule has 2 nitrogen and oxygen atoms in total. The van der Waals surface area contributed by atoms with E-state index in [0.717, 1.165) is 6.54 Å². The molecular formula is C12H21NO. The summed E-state index contributed by atoms with van der Waals surface area (Å²) in [6, 6.07) is 11.0. The maximum Gasteiger partial charge on any atom is 0.0402 e. The average Bonchev–Trinajstić information content (AvgIpc) is 2.18. The molecular weight excluding hydrogens is 174 g/mol. The van der Waals surface area contributed by atoms with Gasteiger partial charge in [-0.2, -0.15) is 0 Å². The van der Waals surface area contributed by atoms with E-state index in [-0.39, 0.29) is 6.61 Å². The van der Waals surface area contributed by atoms with Crippen molar-refractivity contribution in [2.24, 2.45) is 0 Å². The topological polar surface area (TPSA) is 32.3 Å². The molecule has 1 aromatic carbocycles. The van der Waals surface area contributed by atoms with Crippen LogP contribution in [0, 0.1) is 0 Å². The van der Waals surface area contributed by atoms with Crippen LogP contribution in [0.1, 0.15) is 26.3 Å². The first-order valence-electron chi connectivity index (χ1n) is 5.08. The van der Waals surface area contributed by atoms with Gasteiger partial charge in [0.2, 0.25) is 0 Å². The molecule has 0 unspecified atom stereocenters. The molecule has 80 valence electrons. The SMILES string of the molecule is CC(C)NCc1ccccc1.CCO. The fraction of sp³-hybridized carbons (Fsp3) is 0.500. The second-order valence-electron chi connectivity index (χ2n) is 3.34. The third-order valence-electron chi connectivity index (χ3n) is 1.56. The van der Waals surface area contributed by atoms with Crippen LogP contribution in [-0.4, -0.2) is 17.8 Å². The van der Waals surface area contributed by atoms with Gasteiger partial charge in [-0.3, -0.25) is 0 Å². The molecule has 0 saturated carbocycles. The Labute approximate surface area is 87.0 Å². The predicted molar refractivity (Wildman–Crippen MR) is 61.2 cm³/mol. The van der Waals surface area contributed by atoms with Crippen LogP contribution in [0.4, 0.5) is 0 Å². The van der Waals surface area contributed by atoms with Crippen molar-refractivity contribution in [2.45, 2.75) is 33.4 Å². The highest BCUT2D eigenvalue weighted by Gasteiger charge is 1.92. The molecule has 0 atom stereocenters. The zero-order valence-electron chi connectivity index (χ0n) is 9.33. The lowest BCUT2D eigenvalue weighted by Gasteiger charge is -2.06. The Morgan fingerprint density at radius 2 is 1.71 bits per heavy atom. The summed E-state index contributed by atoms with van der Waals surface area (Å²) in [6.45, 7) is 7.21. The van der Waals surface area contributed by atoms with Crippen LogP contribution < -0.4 is 5.32 Å². The molecule has 0 fully saturated rings. The van der Waals surface area contributed by atoms with Crippen LogP contribution in [0.15, 0.2) is 30.3 Å². The zero-order valence-corrected chi connectivity index (χ0v) is 9.33. The van der Waals surface area contributed by atoms with E-state index in [2.05, 4.69) is 43.4 Å². The highest BCUT2D eigenvalue weighted by atomic mass is 16.2. The number of hydrogen-bond acceptors (Lipinski definition) is 2. The zero-order chi connectivity index (χ0) is 10.8. The number of rotatable bonds is 3. The van der Waals surface area contributed by atoms with Crippen molar-refractivity contribution in [3.8, 4) is 0 Å². The third-order valence-corrected chi connectivity index (χ3v) is 1.56. The van der Waals surface area contributed by atoms with E-state index in [1.54, 1.807) is 6.92 Å². The van der Waals surface area contributed by atoms with Crippen LogP contribution >= 0.6 is 0 Å². The summed E-state index contributed by atoms with van der Waals surface area (Å²) < 4.78 is 0. The van der Waals surface area contributed by atoms with Crippen molar-refractivity contribution < 1.29 is 5.11 Å². The molecule has 0 aliphatic rings. The van der Waals surface area contributed by atoms with Crippen molar-refractivity contribution in [3.05, 3.63) is 35.9 Å². The molecule has 0 saturated heterocycles. The van der Waals surface area contributed by atoms with Gasteiger partial charge in [-0.15, -0.1) is 0 Å². The van der Waals surface area contributed by atoms with Crippen LogP contribution in [0.3, 0.4) is 0 Å². The molecule has 0 bridgehead atoms. The molecule has 14 heavy (non-hydrogen) atoms. The predicted octanol–water partition coefficient (Wildman–Crippen LogP) is 2.18. The van der Waals surface area contributed by atoms with Gasteiger partial charge in [0.1, 0.15) is 0 Å². The van der Waals surface area contributed by atoms with Gasteiger partial charge in [-0.1, -0.05) is 44.2 Å². The molecule has 1 aromatic rings. The minimum absolute atomic E-state index is 0.250. The van der Waals surface area contributed by atoms with E-state index in [9.17, 15) is 0 Å². The summed E-state index contributed by atoms with van der Waals surface area (Å²) in [6.07, 6.45) is 0. The molecule has 0 aromatic heterocycles. The molecule has 2 heteroatoms. The van der Waals surface area contributed by atoms with E-state index in [1.807, 2.05) is 6.07 Å². The van der Waals surface area contributed by atoms with Crippen molar-refractivity contribution in [2.75, 3.05) is 6.61 Å². The average molecular weight is 195 g/mol. The Hall–Kier alpha value is -0.860. The summed E-state index contributed by atoms with van der Waals surface area (Å²) in [7, 11) is 0. The Balaban J connectivity index is 0.000000500. The monoisotopic (exact) mass is 195 g/mol. The Bertz CT molecular complexity index is 209. The molecule has 2 N–H and O–H groups in total. The Morgan fingerprint density at radius 3 is 2.14 bits per heavy atom. The van der Waals surface area contributed by atoms with Crippen molar-refractivity contribution in [1.29, 1.82) is 0 Å². The molecule has 0 heterocycles. The smallest absolute Gasteiger partial charge is 0.0402 e. The van der Waals surface area contributed by atoms with E-state index >= 15 is 0 Å². The number of aliphatic hydroxyl groups excluding tert-OH is 1. The lowest BCUT2D eigenvalue weighted by molar-refractivity contribution is 0.318. The molecule has 0 radical (unpaired) electrons. The van der Waals surface area contributed by atoms with Crippen molar-refractivity contribution in [3.63, 3.8) is 0 Å². The van der Waals surface area contributed by atoms with Crippen LogP contribution in [-0.2, 0) is 6.54 Å². The van der Waals surface area contributed by atoms with E-state index in [4.69, 9.17) is 5.11 Å². The number of benzene rings is 1. The maximum absolute atomic E-state index is 7.57. The number of hydrogen-bond donors (Lipinski definition) is 2. The highest BCUT2D eigenvalue weighted by Crippen LogP contribution is 1.97. The quantitative estimate of drug-likeness (QED) is 0.775. The molecule has 0 aliphatic carbocycles. The lowest BCUT2D eigenvalue weighted by Crippen LogP contribution is -2.21. The fourth-order valence-electron chi connectivity index (χ4n) is 0.918. The number of aliphatic hydroxyl groups is 1. The number of nitrogens with one attached hydrogen (secondary N) is 1. The van der Waals surface area contributed by atoms with Crippen molar-refractivity contribution >= 4 is 0 Å². The lowest BCUT2D eigenvalue weighted by atomic mass is 10.2. The van der Waals surface area contributed by atoms with Crippen LogP contribution in [0.25, 0.3) is 0 Å². The first-order valence-corrected chi connectivity index (χ1v) is 5.08. The first-order chi connectivity index (χ1) is 6.70. The highest BCUT2D eigenvalue weighted by molar-refractivity contribution is 5.14. The summed E-state index contributed by atoms with van der Waals surface area (Å²) in [5.41, 5.74) is 1.35. The molecule has 0 amide bonds. The molecule has 0 spiro atoms. The molecule has 0 aliphatic heterocycles. The summed E-state index contributed by atoms with van der Waals surface area (Å²) in [5.74, 6) is 0. The van der Waals surface area contributed by atoms with Gasteiger partial charge in [0, 0.05) is 19.2 Å². The standard InChI is InChI=1S/C10H15N.C2H6O/c1-9(2)11-8-10-6-4-3-5-7-10;1-2-3/h3-7,9,11H,8H2,1-2H3;3H,2H2,1H3. The van der Waals surface area contributed by atoms with Gasteiger partial charge in [0.15, 0.2) is 0 Å². The second kappa shape index (κ2) is 8.73. The van der Waals surface area contributed by atoms with Crippen molar-refractivity contribution in [1.82, 2.24) is 5.32 Å². The van der Waals surface area contributed by atoms with E-state index in [1.165, 1.54) is 5.56 Å². The summed E-state index contributed by atoms with van der Waals surface area (Å²) in [4.78, 5) is 0. The second-order valence-corrected chi connectivity index (χ2v) is 3.34. The minimum atomic E-state index is 0.250. The third kappa shape index (κ3) is 7.77. The largest absolute Gasteiger partial charge is 0.397 e. The van der Waals surface area contributed by atoms with Gasteiger partial charge < -0.3 is 10.4 Å². The Kier molecular flexibility index (Phi) is 8.19. The molecule has 1 rings (SSSR count). The van der Waals surface area contributed by atoms with Crippen LogP contribution in [0.2, 0.25) is 0 Å². The van der Waals surface area contributed by atoms with Gasteiger partial charge in [0.25, 0.3) is 0 Å². The summed E-state index contributed by atoms with van der Waals surface area (Å²) in [5, 5.41) is 10.9.